The standard InChI is InChI=1S/C10H7ClN4/c11-5-9-13-8-4-2-1-3-7(8)10-14-12-6-15(9)10/h1-4,6H,5H2. The molecule has 1 aromatic carbocycles. The number of nitrogens with zero attached hydrogens (tertiary/aromatic N) is 4. The van der Waals surface area contributed by atoms with E-state index >= 15 is 0 Å². The van der Waals surface area contributed by atoms with Crippen LogP contribution in [0.25, 0.3) is 16.6 Å². The van der Waals surface area contributed by atoms with Gasteiger partial charge in [-0.3, -0.25) is 4.40 Å². The van der Waals surface area contributed by atoms with Crippen LogP contribution in [0.4, 0.5) is 0 Å². The van der Waals surface area contributed by atoms with Crippen molar-refractivity contribution in [3.05, 3.63) is 36.4 Å². The Kier molecular flexibility index (Phi) is 1.82. The van der Waals surface area contributed by atoms with Crippen molar-refractivity contribution in [2.24, 2.45) is 0 Å². The van der Waals surface area contributed by atoms with Gasteiger partial charge in [0.2, 0.25) is 0 Å². The lowest BCUT2D eigenvalue weighted by Gasteiger charge is -2.03. The molecule has 0 saturated heterocycles. The van der Waals surface area contributed by atoms with Crippen molar-refractivity contribution in [1.29, 1.82) is 0 Å². The lowest BCUT2D eigenvalue weighted by Crippen LogP contribution is -1.98. The maximum atomic E-state index is 5.82. The quantitative estimate of drug-likeness (QED) is 0.587. The predicted octanol–water partition coefficient (Wildman–Crippen LogP) is 2.02. The Balaban J connectivity index is 2.57. The summed E-state index contributed by atoms with van der Waals surface area (Å²) in [7, 11) is 0. The molecule has 0 aliphatic rings. The Morgan fingerprint density at radius 1 is 1.27 bits per heavy atom. The van der Waals surface area contributed by atoms with Gasteiger partial charge < -0.3 is 0 Å². The monoisotopic (exact) mass is 218 g/mol. The van der Waals surface area contributed by atoms with E-state index < -0.39 is 0 Å². The fourth-order valence-corrected chi connectivity index (χ4v) is 1.84. The maximum Gasteiger partial charge on any atom is 0.171 e. The van der Waals surface area contributed by atoms with E-state index in [9.17, 15) is 0 Å². The average molecular weight is 219 g/mol. The highest BCUT2D eigenvalue weighted by atomic mass is 35.5. The smallest absolute Gasteiger partial charge is 0.171 e. The summed E-state index contributed by atoms with van der Waals surface area (Å²) < 4.78 is 1.81. The molecule has 0 spiro atoms. The number of hydrogen-bond donors (Lipinski definition) is 0. The van der Waals surface area contributed by atoms with E-state index in [-0.39, 0.29) is 0 Å². The van der Waals surface area contributed by atoms with Crippen LogP contribution in [0.5, 0.6) is 0 Å². The van der Waals surface area contributed by atoms with E-state index in [1.807, 2.05) is 28.7 Å². The highest BCUT2D eigenvalue weighted by Crippen LogP contribution is 2.17. The van der Waals surface area contributed by atoms with Crippen molar-refractivity contribution < 1.29 is 0 Å². The van der Waals surface area contributed by atoms with Gasteiger partial charge in [-0.05, 0) is 12.1 Å². The molecule has 0 unspecified atom stereocenters. The van der Waals surface area contributed by atoms with Crippen LogP contribution in [0.3, 0.4) is 0 Å². The van der Waals surface area contributed by atoms with Crippen molar-refractivity contribution in [2.75, 3.05) is 0 Å². The molecule has 3 rings (SSSR count). The highest BCUT2D eigenvalue weighted by Gasteiger charge is 2.07. The van der Waals surface area contributed by atoms with Gasteiger partial charge in [0.05, 0.1) is 11.4 Å². The molecule has 0 atom stereocenters. The first-order valence-corrected chi connectivity index (χ1v) is 5.07. The molecule has 0 fully saturated rings. The third-order valence-corrected chi connectivity index (χ3v) is 2.58. The molecule has 0 aliphatic carbocycles. The largest absolute Gasteiger partial charge is 0.268 e. The summed E-state index contributed by atoms with van der Waals surface area (Å²) in [5.74, 6) is 1.11. The number of rotatable bonds is 1. The first kappa shape index (κ1) is 8.61. The minimum atomic E-state index is 0.347. The molecular formula is C10H7ClN4. The van der Waals surface area contributed by atoms with Gasteiger partial charge in [0.1, 0.15) is 12.2 Å². The van der Waals surface area contributed by atoms with Gasteiger partial charge in [-0.1, -0.05) is 12.1 Å². The molecule has 74 valence electrons. The third kappa shape index (κ3) is 1.18. The molecule has 0 aliphatic heterocycles. The second-order valence-electron chi connectivity index (χ2n) is 3.20. The molecular weight excluding hydrogens is 212 g/mol. The van der Waals surface area contributed by atoms with Gasteiger partial charge in [0.15, 0.2) is 5.65 Å². The first-order valence-electron chi connectivity index (χ1n) is 4.53. The van der Waals surface area contributed by atoms with Crippen molar-refractivity contribution in [3.63, 3.8) is 0 Å². The maximum absolute atomic E-state index is 5.82. The molecule has 0 saturated carbocycles. The number of aromatic nitrogens is 4. The van der Waals surface area contributed by atoms with Gasteiger partial charge >= 0.3 is 0 Å². The summed E-state index contributed by atoms with van der Waals surface area (Å²) in [6.07, 6.45) is 1.63. The molecule has 0 N–H and O–H groups in total. The van der Waals surface area contributed by atoms with E-state index in [2.05, 4.69) is 15.2 Å². The summed E-state index contributed by atoms with van der Waals surface area (Å²) in [5, 5.41) is 8.93. The summed E-state index contributed by atoms with van der Waals surface area (Å²) in [4.78, 5) is 4.45. The number of alkyl halides is 1. The topological polar surface area (TPSA) is 43.1 Å². The summed E-state index contributed by atoms with van der Waals surface area (Å²) in [6.45, 7) is 0. The zero-order chi connectivity index (χ0) is 10.3. The fraction of sp³-hybridized carbons (Fsp3) is 0.100. The van der Waals surface area contributed by atoms with Crippen LogP contribution in [0.1, 0.15) is 5.82 Å². The number of hydrogen-bond acceptors (Lipinski definition) is 3. The van der Waals surface area contributed by atoms with E-state index in [4.69, 9.17) is 11.6 Å². The molecule has 4 nitrogen and oxygen atoms in total. The first-order chi connectivity index (χ1) is 7.40. The number of fused-ring (bicyclic) bond motifs is 3. The molecule has 0 radical (unpaired) electrons. The lowest BCUT2D eigenvalue weighted by atomic mass is 10.2. The number of para-hydroxylation sites is 1. The summed E-state index contributed by atoms with van der Waals surface area (Å²) >= 11 is 5.82. The Labute approximate surface area is 90.5 Å². The van der Waals surface area contributed by atoms with E-state index in [1.165, 1.54) is 0 Å². The van der Waals surface area contributed by atoms with Crippen LogP contribution in [0.15, 0.2) is 30.6 Å². The molecule has 2 aromatic heterocycles. The molecule has 15 heavy (non-hydrogen) atoms. The Bertz CT molecular complexity index is 631. The second-order valence-corrected chi connectivity index (χ2v) is 3.47. The van der Waals surface area contributed by atoms with Crippen molar-refractivity contribution in [2.45, 2.75) is 5.88 Å². The molecule has 0 bridgehead atoms. The Hall–Kier alpha value is -1.68. The summed E-state index contributed by atoms with van der Waals surface area (Å²) in [6, 6.07) is 7.82. The molecule has 5 heteroatoms. The van der Waals surface area contributed by atoms with E-state index in [1.54, 1.807) is 6.33 Å². The molecule has 3 aromatic rings. The zero-order valence-electron chi connectivity index (χ0n) is 7.76. The second kappa shape index (κ2) is 3.17. The highest BCUT2D eigenvalue weighted by molar-refractivity contribution is 6.16. The van der Waals surface area contributed by atoms with E-state index in [0.29, 0.717) is 5.88 Å². The van der Waals surface area contributed by atoms with Crippen LogP contribution in [-0.4, -0.2) is 19.6 Å². The van der Waals surface area contributed by atoms with Crippen LogP contribution in [0.2, 0.25) is 0 Å². The fourth-order valence-electron chi connectivity index (χ4n) is 1.65. The van der Waals surface area contributed by atoms with Gasteiger partial charge in [-0.2, -0.15) is 0 Å². The van der Waals surface area contributed by atoms with Gasteiger partial charge in [-0.15, -0.1) is 21.8 Å². The SMILES string of the molecule is ClCc1nc2ccccc2c2nncn12. The van der Waals surface area contributed by atoms with Crippen LogP contribution >= 0.6 is 11.6 Å². The van der Waals surface area contributed by atoms with Crippen molar-refractivity contribution in [1.82, 2.24) is 19.6 Å². The number of benzene rings is 1. The van der Waals surface area contributed by atoms with Crippen LogP contribution in [0, 0.1) is 0 Å². The molecule has 0 amide bonds. The van der Waals surface area contributed by atoms with Crippen LogP contribution < -0.4 is 0 Å². The van der Waals surface area contributed by atoms with Crippen molar-refractivity contribution in [3.8, 4) is 0 Å². The van der Waals surface area contributed by atoms with Crippen molar-refractivity contribution >= 4 is 28.2 Å². The molecule has 2 heterocycles. The summed E-state index contributed by atoms with van der Waals surface area (Å²) in [5.41, 5.74) is 1.70. The zero-order valence-corrected chi connectivity index (χ0v) is 8.52. The minimum absolute atomic E-state index is 0.347. The minimum Gasteiger partial charge on any atom is -0.268 e. The average Bonchev–Trinajstić information content (AvgIpc) is 2.77. The van der Waals surface area contributed by atoms with E-state index in [0.717, 1.165) is 22.4 Å². The lowest BCUT2D eigenvalue weighted by molar-refractivity contribution is 0.983. The normalized spacial score (nSPS) is 11.3. The Morgan fingerprint density at radius 2 is 2.13 bits per heavy atom. The number of halogens is 1. The van der Waals surface area contributed by atoms with Gasteiger partial charge in [0.25, 0.3) is 0 Å². The van der Waals surface area contributed by atoms with Gasteiger partial charge in [-0.25, -0.2) is 4.98 Å². The Morgan fingerprint density at radius 3 is 3.00 bits per heavy atom. The predicted molar refractivity (Wildman–Crippen MR) is 57.8 cm³/mol. The van der Waals surface area contributed by atoms with Crippen LogP contribution in [-0.2, 0) is 5.88 Å². The van der Waals surface area contributed by atoms with Gasteiger partial charge in [0, 0.05) is 5.39 Å². The third-order valence-electron chi connectivity index (χ3n) is 2.34.